The van der Waals surface area contributed by atoms with Gasteiger partial charge in [0, 0.05) is 13.6 Å². The molecule has 1 saturated heterocycles. The predicted octanol–water partition coefficient (Wildman–Crippen LogP) is 0.974. The minimum atomic E-state index is 0.762. The predicted molar refractivity (Wildman–Crippen MR) is 58.8 cm³/mol. The van der Waals surface area contributed by atoms with Crippen molar-refractivity contribution in [3.63, 3.8) is 0 Å². The van der Waals surface area contributed by atoms with Crippen molar-refractivity contribution in [1.82, 2.24) is 15.5 Å². The summed E-state index contributed by atoms with van der Waals surface area (Å²) in [7, 11) is 2.09. The van der Waals surface area contributed by atoms with Gasteiger partial charge >= 0.3 is 0 Å². The van der Waals surface area contributed by atoms with Crippen LogP contribution in [0, 0.1) is 5.92 Å². The zero-order valence-corrected chi connectivity index (χ0v) is 9.26. The van der Waals surface area contributed by atoms with Crippen molar-refractivity contribution in [2.45, 2.75) is 12.8 Å². The second-order valence-electron chi connectivity index (χ2n) is 3.81. The van der Waals surface area contributed by atoms with Crippen LogP contribution in [0.15, 0.2) is 5.51 Å². The number of hydrogen-bond donors (Lipinski definition) is 1. The van der Waals surface area contributed by atoms with Crippen LogP contribution in [0.5, 0.6) is 0 Å². The molecule has 1 aromatic heterocycles. The Morgan fingerprint density at radius 1 is 1.71 bits per heavy atom. The first-order chi connectivity index (χ1) is 6.86. The Morgan fingerprint density at radius 2 is 2.64 bits per heavy atom. The van der Waals surface area contributed by atoms with E-state index in [4.69, 9.17) is 0 Å². The van der Waals surface area contributed by atoms with Crippen LogP contribution in [-0.4, -0.2) is 36.9 Å². The second-order valence-corrected chi connectivity index (χ2v) is 4.63. The fourth-order valence-electron chi connectivity index (χ4n) is 1.88. The molecule has 0 amide bonds. The third-order valence-corrected chi connectivity index (χ3v) is 3.41. The van der Waals surface area contributed by atoms with Gasteiger partial charge in [0.15, 0.2) is 0 Å². The van der Waals surface area contributed by atoms with Gasteiger partial charge in [-0.1, -0.05) is 11.3 Å². The summed E-state index contributed by atoms with van der Waals surface area (Å²) in [5.74, 6) is 0.762. The van der Waals surface area contributed by atoms with Crippen LogP contribution in [0.3, 0.4) is 0 Å². The Hall–Kier alpha value is -0.680. The molecule has 1 aliphatic rings. The first kappa shape index (κ1) is 9.86. The lowest BCUT2D eigenvalue weighted by Gasteiger charge is -2.27. The maximum atomic E-state index is 4.06. The van der Waals surface area contributed by atoms with Crippen molar-refractivity contribution < 1.29 is 0 Å². The van der Waals surface area contributed by atoms with Crippen molar-refractivity contribution in [2.75, 3.05) is 31.6 Å². The van der Waals surface area contributed by atoms with Gasteiger partial charge in [-0.05, 0) is 31.8 Å². The van der Waals surface area contributed by atoms with Crippen molar-refractivity contribution >= 4 is 16.5 Å². The molecule has 2 rings (SSSR count). The van der Waals surface area contributed by atoms with Gasteiger partial charge in [0.05, 0.1) is 0 Å². The highest BCUT2D eigenvalue weighted by Gasteiger charge is 2.16. The lowest BCUT2D eigenvalue weighted by molar-refractivity contribution is 0.381. The molecular formula is C9H16N4S. The molecule has 2 heterocycles. The highest BCUT2D eigenvalue weighted by molar-refractivity contribution is 7.13. The first-order valence-electron chi connectivity index (χ1n) is 5.04. The Bertz CT molecular complexity index is 256. The highest BCUT2D eigenvalue weighted by Crippen LogP contribution is 2.17. The summed E-state index contributed by atoms with van der Waals surface area (Å²) < 4.78 is 0. The molecule has 78 valence electrons. The van der Waals surface area contributed by atoms with Crippen LogP contribution in [-0.2, 0) is 0 Å². The van der Waals surface area contributed by atoms with Crippen LogP contribution in [0.25, 0.3) is 0 Å². The topological polar surface area (TPSA) is 41.0 Å². The van der Waals surface area contributed by atoms with Crippen molar-refractivity contribution in [3.05, 3.63) is 5.51 Å². The molecule has 5 heteroatoms. The second kappa shape index (κ2) is 4.70. The van der Waals surface area contributed by atoms with E-state index < -0.39 is 0 Å². The molecule has 1 atom stereocenters. The van der Waals surface area contributed by atoms with Crippen molar-refractivity contribution in [1.29, 1.82) is 0 Å². The molecule has 0 aliphatic carbocycles. The summed E-state index contributed by atoms with van der Waals surface area (Å²) in [6.07, 6.45) is 2.63. The summed E-state index contributed by atoms with van der Waals surface area (Å²) in [4.78, 5) is 2.20. The molecule has 0 spiro atoms. The van der Waals surface area contributed by atoms with Gasteiger partial charge < -0.3 is 10.2 Å². The third-order valence-electron chi connectivity index (χ3n) is 2.61. The van der Waals surface area contributed by atoms with E-state index in [-0.39, 0.29) is 0 Å². The molecule has 4 nitrogen and oxygen atoms in total. The number of aromatic nitrogens is 2. The van der Waals surface area contributed by atoms with Gasteiger partial charge in [-0.2, -0.15) is 0 Å². The van der Waals surface area contributed by atoms with E-state index in [1.54, 1.807) is 16.8 Å². The SMILES string of the molecule is CN(CC1CCCNC1)c1nncs1. The molecule has 0 bridgehead atoms. The molecule has 0 radical (unpaired) electrons. The Morgan fingerprint density at radius 3 is 3.29 bits per heavy atom. The Balaban J connectivity index is 1.84. The maximum Gasteiger partial charge on any atom is 0.207 e. The van der Waals surface area contributed by atoms with Gasteiger partial charge in [0.2, 0.25) is 5.13 Å². The van der Waals surface area contributed by atoms with Crippen molar-refractivity contribution in [2.24, 2.45) is 5.92 Å². The summed E-state index contributed by atoms with van der Waals surface area (Å²) in [6.45, 7) is 3.41. The molecular weight excluding hydrogens is 196 g/mol. The standard InChI is InChI=1S/C9H16N4S/c1-13(9-12-11-7-14-9)6-8-3-2-4-10-5-8/h7-8,10H,2-6H2,1H3. The van der Waals surface area contributed by atoms with Crippen LogP contribution in [0.4, 0.5) is 5.13 Å². The number of nitrogens with zero attached hydrogens (tertiary/aromatic N) is 3. The van der Waals surface area contributed by atoms with Crippen LogP contribution in [0.2, 0.25) is 0 Å². The van der Waals surface area contributed by atoms with Crippen LogP contribution in [0.1, 0.15) is 12.8 Å². The molecule has 0 aromatic carbocycles. The molecule has 14 heavy (non-hydrogen) atoms. The summed E-state index contributed by atoms with van der Waals surface area (Å²) >= 11 is 1.60. The maximum absolute atomic E-state index is 4.06. The van der Waals surface area contributed by atoms with E-state index in [9.17, 15) is 0 Å². The van der Waals surface area contributed by atoms with E-state index >= 15 is 0 Å². The smallest absolute Gasteiger partial charge is 0.207 e. The van der Waals surface area contributed by atoms with E-state index in [2.05, 4.69) is 27.5 Å². The lowest BCUT2D eigenvalue weighted by Crippen LogP contribution is -2.36. The van der Waals surface area contributed by atoms with Gasteiger partial charge in [0.25, 0.3) is 0 Å². The van der Waals surface area contributed by atoms with E-state index in [1.165, 1.54) is 19.4 Å². The summed E-state index contributed by atoms with van der Waals surface area (Å²) in [5, 5.41) is 12.4. The zero-order chi connectivity index (χ0) is 9.80. The van der Waals surface area contributed by atoms with E-state index in [0.29, 0.717) is 0 Å². The molecule has 1 aromatic rings. The average molecular weight is 212 g/mol. The monoisotopic (exact) mass is 212 g/mol. The van der Waals surface area contributed by atoms with Gasteiger partial charge in [-0.15, -0.1) is 10.2 Å². The molecule has 1 aliphatic heterocycles. The minimum absolute atomic E-state index is 0.762. The summed E-state index contributed by atoms with van der Waals surface area (Å²) in [6, 6.07) is 0. The molecule has 1 unspecified atom stereocenters. The van der Waals surface area contributed by atoms with Gasteiger partial charge in [0.1, 0.15) is 5.51 Å². The normalized spacial score (nSPS) is 22.2. The number of rotatable bonds is 3. The van der Waals surface area contributed by atoms with Gasteiger partial charge in [-0.25, -0.2) is 0 Å². The fourth-order valence-corrected chi connectivity index (χ4v) is 2.42. The summed E-state index contributed by atoms with van der Waals surface area (Å²) in [5.41, 5.74) is 1.78. The average Bonchev–Trinajstić information content (AvgIpc) is 2.72. The highest BCUT2D eigenvalue weighted by atomic mass is 32.1. The fraction of sp³-hybridized carbons (Fsp3) is 0.778. The largest absolute Gasteiger partial charge is 0.349 e. The Kier molecular flexibility index (Phi) is 3.31. The molecule has 0 saturated carbocycles. The molecule has 1 N–H and O–H groups in total. The van der Waals surface area contributed by atoms with Crippen molar-refractivity contribution in [3.8, 4) is 0 Å². The third kappa shape index (κ3) is 2.42. The van der Waals surface area contributed by atoms with Crippen LogP contribution >= 0.6 is 11.3 Å². The quantitative estimate of drug-likeness (QED) is 0.810. The number of anilines is 1. The van der Waals surface area contributed by atoms with Crippen LogP contribution < -0.4 is 10.2 Å². The van der Waals surface area contributed by atoms with Gasteiger partial charge in [-0.3, -0.25) is 0 Å². The Labute approximate surface area is 88.3 Å². The zero-order valence-electron chi connectivity index (χ0n) is 8.44. The first-order valence-corrected chi connectivity index (χ1v) is 5.92. The number of hydrogen-bond acceptors (Lipinski definition) is 5. The number of piperidine rings is 1. The molecule has 1 fully saturated rings. The van der Waals surface area contributed by atoms with E-state index in [1.807, 2.05) is 0 Å². The minimum Gasteiger partial charge on any atom is -0.349 e. The lowest BCUT2D eigenvalue weighted by atomic mass is 9.99. The van der Waals surface area contributed by atoms with E-state index in [0.717, 1.165) is 24.1 Å². The number of nitrogens with one attached hydrogen (secondary N) is 1.